The van der Waals surface area contributed by atoms with Gasteiger partial charge in [-0.1, -0.05) is 32.0 Å². The molecule has 6 atom stereocenters. The van der Waals surface area contributed by atoms with Gasteiger partial charge in [-0.15, -0.1) is 0 Å². The van der Waals surface area contributed by atoms with Gasteiger partial charge in [-0.3, -0.25) is 23.8 Å². The van der Waals surface area contributed by atoms with E-state index in [0.717, 1.165) is 11.3 Å². The Morgan fingerprint density at radius 2 is 1.67 bits per heavy atom. The number of aliphatic hydroxyl groups excluding tert-OH is 2. The van der Waals surface area contributed by atoms with Crippen molar-refractivity contribution in [2.45, 2.75) is 69.4 Å². The largest absolute Gasteiger partial charge is 0.480 e. The van der Waals surface area contributed by atoms with E-state index in [1.165, 1.54) is 6.92 Å². The van der Waals surface area contributed by atoms with Gasteiger partial charge in [0.2, 0.25) is 22.9 Å². The molecule has 3 heterocycles. The number of ether oxygens (including phenoxy) is 1. The van der Waals surface area contributed by atoms with Crippen molar-refractivity contribution in [1.82, 2.24) is 20.9 Å². The number of aromatic nitrogens is 1. The van der Waals surface area contributed by atoms with Gasteiger partial charge in [0.15, 0.2) is 12.4 Å². The monoisotopic (exact) mass is 750 g/mol. The third kappa shape index (κ3) is 10.9. The lowest BCUT2D eigenvalue weighted by Crippen LogP contribution is -2.59. The van der Waals surface area contributed by atoms with E-state index >= 15 is 0 Å². The number of amides is 3. The fraction of sp³-hybridized carbons (Fsp3) is 0.576. The molecule has 3 amide bonds. The Bertz CT molecular complexity index is 1570. The minimum atomic E-state index is -5.21. The highest BCUT2D eigenvalue weighted by molar-refractivity contribution is 7.53. The lowest BCUT2D eigenvalue weighted by Gasteiger charge is -2.32. The quantitative estimate of drug-likeness (QED) is 0.0429. The summed E-state index contributed by atoms with van der Waals surface area (Å²) >= 11 is 0. The normalized spacial score (nSPS) is 21.2. The molecule has 0 radical (unpaired) electrons. The molecule has 2 aliphatic rings. The number of hydrogen-bond acceptors (Lipinski definition) is 11. The number of rotatable bonds is 16. The maximum atomic E-state index is 13.6. The zero-order valence-electron chi connectivity index (χ0n) is 29.8. The van der Waals surface area contributed by atoms with Crippen molar-refractivity contribution >= 4 is 32.4 Å². The molecule has 2 saturated heterocycles. The van der Waals surface area contributed by atoms with E-state index in [0.29, 0.717) is 31.7 Å². The maximum absolute atomic E-state index is 13.6. The van der Waals surface area contributed by atoms with E-state index in [9.17, 15) is 44.1 Å². The second-order valence-corrected chi connectivity index (χ2v) is 15.4. The van der Waals surface area contributed by atoms with Crippen molar-refractivity contribution in [3.8, 4) is 11.3 Å². The van der Waals surface area contributed by atoms with Crippen molar-refractivity contribution < 1.29 is 62.7 Å². The molecule has 0 spiro atoms. The summed E-state index contributed by atoms with van der Waals surface area (Å²) in [5, 5.41) is 35.7. The Hall–Kier alpha value is -3.29. The van der Waals surface area contributed by atoms with E-state index in [2.05, 4.69) is 20.7 Å². The summed E-state index contributed by atoms with van der Waals surface area (Å²) in [7, 11) is -4.29. The summed E-state index contributed by atoms with van der Waals surface area (Å²) < 4.78 is 30.2. The first-order valence-corrected chi connectivity index (χ1v) is 18.8. The predicted octanol–water partition coefficient (Wildman–Crippen LogP) is -1.35. The summed E-state index contributed by atoms with van der Waals surface area (Å²) in [5.41, 5.74) is 2.00. The fourth-order valence-corrected chi connectivity index (χ4v) is 6.89. The Labute approximate surface area is 302 Å². The number of nitrogens with zero attached hydrogens (tertiary/aromatic N) is 2. The van der Waals surface area contributed by atoms with Gasteiger partial charge in [0.1, 0.15) is 13.1 Å². The first-order chi connectivity index (χ1) is 24.5. The van der Waals surface area contributed by atoms with E-state index in [1.54, 1.807) is 23.7 Å². The van der Waals surface area contributed by atoms with Gasteiger partial charge < -0.3 is 55.1 Å². The second-order valence-electron chi connectivity index (χ2n) is 13.5. The number of carbonyl (C=O) groups excluding carboxylic acids is 3. The summed E-state index contributed by atoms with van der Waals surface area (Å²) in [6, 6.07) is 13.5. The molecule has 1 aromatic heterocycles. The molecule has 0 saturated carbocycles. The lowest BCUT2D eigenvalue weighted by molar-refractivity contribution is -0.662. The van der Waals surface area contributed by atoms with Gasteiger partial charge in [-0.2, -0.15) is 4.57 Å². The summed E-state index contributed by atoms with van der Waals surface area (Å²) in [4.78, 5) is 60.5. The Balaban J connectivity index is 1.31. The molecule has 2 aliphatic heterocycles. The van der Waals surface area contributed by atoms with Crippen LogP contribution in [0.15, 0.2) is 48.5 Å². The van der Waals surface area contributed by atoms with Gasteiger partial charge in [0, 0.05) is 57.1 Å². The number of hydrogen-bond donors (Lipinski definition) is 8. The zero-order chi connectivity index (χ0) is 38.2. The third-order valence-corrected chi connectivity index (χ3v) is 10.4. The highest BCUT2D eigenvalue weighted by atomic mass is 31.2. The number of nitrogens with one attached hydrogen (secondary N) is 3. The average Bonchev–Trinajstić information content (AvgIpc) is 3.80. The van der Waals surface area contributed by atoms with Crippen LogP contribution in [-0.2, 0) is 35.2 Å². The van der Waals surface area contributed by atoms with Crippen LogP contribution >= 0.6 is 7.60 Å². The van der Waals surface area contributed by atoms with Gasteiger partial charge in [-0.25, -0.2) is 0 Å². The molecule has 1 aromatic carbocycles. The topological polar surface area (TPSA) is 244 Å². The smallest absolute Gasteiger partial charge is 0.408 e. The average molecular weight is 751 g/mol. The fourth-order valence-electron chi connectivity index (χ4n) is 6.02. The molecule has 0 bridgehead atoms. The van der Waals surface area contributed by atoms with E-state index < -0.39 is 74.7 Å². The number of aliphatic hydroxyl groups is 3. The molecule has 4 rings (SSSR count). The number of benzene rings is 1. The van der Waals surface area contributed by atoms with Crippen molar-refractivity contribution in [2.24, 2.45) is 13.0 Å². The molecule has 4 unspecified atom stereocenters. The highest BCUT2D eigenvalue weighted by Gasteiger charge is 2.64. The van der Waals surface area contributed by atoms with Gasteiger partial charge >= 0.3 is 20.6 Å². The first kappa shape index (κ1) is 41.5. The van der Waals surface area contributed by atoms with Crippen LogP contribution in [0.3, 0.4) is 0 Å². The zero-order valence-corrected chi connectivity index (χ0v) is 30.6. The standard InChI is InChI=1S/C33H49BN5O12P/c1-21(2)19-26(36-31(43)28(22(3)40)37-30(42)25-12-8-11-24(38(25)4)23-9-6-5-7-10-23)34-49-17-15-39(16-18-50-34)14-13-35-27(41)20-33(45,52(46,47)48)29-32(44)51-29/h5-12,21-22,26,28-29,32,40,44-45H,13-20H2,1-4H3,(H4-,35,36,37,41,42,43,46,47,48)/p+1/t22?,26-,28-,29?,32?,33?/m1/s1. The van der Waals surface area contributed by atoms with E-state index in [-0.39, 0.29) is 25.7 Å². The van der Waals surface area contributed by atoms with Crippen molar-refractivity contribution in [1.29, 1.82) is 0 Å². The lowest BCUT2D eigenvalue weighted by atomic mass is 9.73. The Kier molecular flexibility index (Phi) is 14.5. The summed E-state index contributed by atoms with van der Waals surface area (Å²) in [6.07, 6.45) is -4.84. The molecule has 2 fully saturated rings. The van der Waals surface area contributed by atoms with E-state index in [4.69, 9.17) is 9.31 Å². The molecule has 52 heavy (non-hydrogen) atoms. The number of epoxide rings is 1. The minimum Gasteiger partial charge on any atom is -0.408 e. The molecular weight excluding hydrogens is 700 g/mol. The summed E-state index contributed by atoms with van der Waals surface area (Å²) in [6.45, 7) is 7.04. The van der Waals surface area contributed by atoms with E-state index in [1.807, 2.05) is 55.1 Å². The predicted molar refractivity (Wildman–Crippen MR) is 187 cm³/mol. The Morgan fingerprint density at radius 3 is 2.23 bits per heavy atom. The van der Waals surface area contributed by atoms with Crippen LogP contribution in [0.1, 0.15) is 44.1 Å². The van der Waals surface area contributed by atoms with Crippen molar-refractivity contribution in [2.75, 3.05) is 39.4 Å². The molecule has 286 valence electrons. The molecule has 8 N–H and O–H groups in total. The van der Waals surface area contributed by atoms with Crippen molar-refractivity contribution in [3.05, 3.63) is 54.2 Å². The van der Waals surface area contributed by atoms with Crippen LogP contribution in [0.5, 0.6) is 0 Å². The van der Waals surface area contributed by atoms with Crippen molar-refractivity contribution in [3.63, 3.8) is 0 Å². The maximum Gasteiger partial charge on any atom is 0.480 e. The van der Waals surface area contributed by atoms with Gasteiger partial charge in [-0.05, 0) is 37.5 Å². The SMILES string of the molecule is CC(C)C[C@@H](NC(=O)[C@H](NC(=O)c1cccc(-c2ccccc2)[n+]1C)C(C)O)B1OCCN(CCNC(=O)CC(O)(C2OC2O)P(=O)(O)O)CCO1. The molecule has 2 aromatic rings. The van der Waals surface area contributed by atoms with Gasteiger partial charge in [0.05, 0.1) is 18.5 Å². The van der Waals surface area contributed by atoms with Gasteiger partial charge in [0.25, 0.3) is 5.69 Å². The molecule has 0 aliphatic carbocycles. The van der Waals surface area contributed by atoms with Crippen LogP contribution < -0.4 is 20.5 Å². The third-order valence-electron chi connectivity index (χ3n) is 8.94. The molecular formula is C33H50BN5O12P+. The Morgan fingerprint density at radius 1 is 1.04 bits per heavy atom. The number of pyridine rings is 1. The van der Waals surface area contributed by atoms with Crippen LogP contribution in [0.4, 0.5) is 0 Å². The van der Waals surface area contributed by atoms with Crippen LogP contribution in [0, 0.1) is 5.92 Å². The van der Waals surface area contributed by atoms with Crippen LogP contribution in [-0.4, -0.2) is 130 Å². The second kappa shape index (κ2) is 18.2. The van der Waals surface area contributed by atoms with Crippen LogP contribution in [0.2, 0.25) is 0 Å². The first-order valence-electron chi connectivity index (χ1n) is 17.2. The van der Waals surface area contributed by atoms with Crippen LogP contribution in [0.25, 0.3) is 11.3 Å². The highest BCUT2D eigenvalue weighted by Crippen LogP contribution is 2.57. The number of carbonyl (C=O) groups is 3. The minimum absolute atomic E-state index is 0.0840. The molecule has 17 nitrogen and oxygen atoms in total. The molecule has 19 heteroatoms. The summed E-state index contributed by atoms with van der Waals surface area (Å²) in [5.74, 6) is -2.46.